The van der Waals surface area contributed by atoms with E-state index in [1.807, 2.05) is 0 Å². The van der Waals surface area contributed by atoms with Gasteiger partial charge in [0.1, 0.15) is 11.9 Å². The number of nitrogen functional groups attached to an aromatic ring is 1. The number of anilines is 1. The molecule has 0 saturated carbocycles. The van der Waals surface area contributed by atoms with Gasteiger partial charge in [0.15, 0.2) is 6.10 Å². The van der Waals surface area contributed by atoms with Crippen molar-refractivity contribution in [2.45, 2.75) is 24.4 Å². The van der Waals surface area contributed by atoms with Crippen molar-refractivity contribution in [2.75, 3.05) is 12.3 Å². The molecule has 0 aliphatic carbocycles. The number of hydrogen-bond acceptors (Lipinski definition) is 9. The van der Waals surface area contributed by atoms with Gasteiger partial charge in [0.25, 0.3) is 0 Å². The van der Waals surface area contributed by atoms with Gasteiger partial charge in [0.2, 0.25) is 6.23 Å². The molecule has 1 aliphatic rings. The van der Waals surface area contributed by atoms with Crippen molar-refractivity contribution in [3.05, 3.63) is 22.7 Å². The molecular formula is C9H12F2N3Na2O8P. The van der Waals surface area contributed by atoms with Crippen molar-refractivity contribution in [1.82, 2.24) is 9.55 Å². The van der Waals surface area contributed by atoms with Crippen molar-refractivity contribution in [3.8, 4) is 0 Å². The summed E-state index contributed by atoms with van der Waals surface area (Å²) in [7, 11) is -5.43. The zero-order chi connectivity index (χ0) is 16.7. The standard InChI is InChI=1S/C9H12F2N3O7P.2Na.H2O/c10-9(11)6(15)4(3-20-22(17,18)19)21-7(9)14-2-1-5(12)13-8(14)16;;;/h1-2,4,6-7,15H,3H2,(H2,12,13,16)(H2,17,18,19);;;1H2/q;2*+1;/p-2/t4-,6-,7-;;;/m1.../s1. The summed E-state index contributed by atoms with van der Waals surface area (Å²) in [4.78, 5) is 35.5. The first-order valence-corrected chi connectivity index (χ1v) is 7.21. The normalized spacial score (nSPS) is 24.6. The SMILES string of the molecule is Nc1ccn([C@@H]2O[C@H](COP(=O)([O-])[O-])[C@@H](O)C2(F)F)c(=O)n1.O.[Na+].[Na+]. The summed E-state index contributed by atoms with van der Waals surface area (Å²) >= 11 is 0. The second-order valence-corrected chi connectivity index (χ2v) is 5.58. The van der Waals surface area contributed by atoms with E-state index in [0.29, 0.717) is 4.57 Å². The number of alkyl halides is 2. The molecule has 1 aromatic rings. The van der Waals surface area contributed by atoms with Crippen molar-refractivity contribution in [3.63, 3.8) is 0 Å². The average Bonchev–Trinajstić information content (AvgIpc) is 2.59. The summed E-state index contributed by atoms with van der Waals surface area (Å²) in [5.41, 5.74) is 4.07. The van der Waals surface area contributed by atoms with Gasteiger partial charge < -0.3 is 39.9 Å². The number of phosphoric ester groups is 1. The number of nitrogens with zero attached hydrogens (tertiary/aromatic N) is 2. The summed E-state index contributed by atoms with van der Waals surface area (Å²) in [6, 6.07) is 1.06. The van der Waals surface area contributed by atoms with Gasteiger partial charge in [0.05, 0.1) is 14.4 Å². The minimum absolute atomic E-state index is 0. The number of halogens is 2. The first-order valence-electron chi connectivity index (χ1n) is 5.75. The fourth-order valence-corrected chi connectivity index (χ4v) is 2.20. The minimum atomic E-state index is -5.43. The van der Waals surface area contributed by atoms with Gasteiger partial charge in [-0.1, -0.05) is 0 Å². The Kier molecular flexibility index (Phi) is 11.3. The molecule has 16 heteroatoms. The maximum Gasteiger partial charge on any atom is 1.00 e. The summed E-state index contributed by atoms with van der Waals surface area (Å²) in [6.07, 6.45) is -5.70. The van der Waals surface area contributed by atoms with E-state index in [0.717, 1.165) is 12.3 Å². The summed E-state index contributed by atoms with van der Waals surface area (Å²) in [5.74, 6) is -4.16. The fraction of sp³-hybridized carbons (Fsp3) is 0.556. The van der Waals surface area contributed by atoms with Crippen LogP contribution in [0.2, 0.25) is 0 Å². The first-order chi connectivity index (χ1) is 10.0. The second kappa shape index (κ2) is 10.2. The molecule has 11 nitrogen and oxygen atoms in total. The molecule has 25 heavy (non-hydrogen) atoms. The average molecular weight is 405 g/mol. The molecule has 3 atom stereocenters. The number of ether oxygens (including phenoxy) is 1. The fourth-order valence-electron chi connectivity index (χ4n) is 1.88. The molecule has 0 amide bonds. The van der Waals surface area contributed by atoms with Crippen LogP contribution in [0, 0.1) is 0 Å². The van der Waals surface area contributed by atoms with Crippen LogP contribution in [-0.2, 0) is 13.8 Å². The predicted molar refractivity (Wildman–Crippen MR) is 64.9 cm³/mol. The van der Waals surface area contributed by atoms with Crippen LogP contribution in [0.1, 0.15) is 6.23 Å². The number of hydrogen-bond donors (Lipinski definition) is 2. The molecule has 1 saturated heterocycles. The Labute approximate surface area is 183 Å². The van der Waals surface area contributed by atoms with E-state index in [-0.39, 0.29) is 70.4 Å². The molecule has 5 N–H and O–H groups in total. The summed E-state index contributed by atoms with van der Waals surface area (Å²) in [5, 5.41) is 9.48. The molecule has 2 rings (SSSR count). The number of aliphatic hydroxyl groups excluding tert-OH is 1. The smallest absolute Gasteiger partial charge is 0.790 e. The molecule has 0 radical (unpaired) electrons. The third-order valence-electron chi connectivity index (χ3n) is 2.88. The van der Waals surface area contributed by atoms with E-state index < -0.39 is 44.5 Å². The maximum atomic E-state index is 14.0. The first kappa shape index (κ1) is 27.7. The quantitative estimate of drug-likeness (QED) is 0.361. The number of aliphatic hydroxyl groups is 1. The Morgan fingerprint density at radius 3 is 2.52 bits per heavy atom. The van der Waals surface area contributed by atoms with E-state index in [1.54, 1.807) is 0 Å². The molecule has 2 heterocycles. The molecule has 0 aromatic carbocycles. The number of phosphoric acid groups is 1. The minimum Gasteiger partial charge on any atom is -0.790 e. The predicted octanol–water partition coefficient (Wildman–Crippen LogP) is -9.25. The molecule has 1 fully saturated rings. The Bertz CT molecular complexity index is 674. The summed E-state index contributed by atoms with van der Waals surface area (Å²) < 4.78 is 47.2. The van der Waals surface area contributed by atoms with Gasteiger partial charge in [-0.2, -0.15) is 13.8 Å². The topological polar surface area (TPSA) is 194 Å². The molecule has 0 spiro atoms. The van der Waals surface area contributed by atoms with Crippen molar-refractivity contribution in [1.29, 1.82) is 0 Å². The van der Waals surface area contributed by atoms with Crippen LogP contribution in [0.3, 0.4) is 0 Å². The van der Waals surface area contributed by atoms with E-state index in [4.69, 9.17) is 10.5 Å². The van der Waals surface area contributed by atoms with Crippen molar-refractivity contribution < 1.29 is 102 Å². The van der Waals surface area contributed by atoms with Crippen LogP contribution in [0.4, 0.5) is 14.6 Å². The third-order valence-corrected chi connectivity index (χ3v) is 3.35. The van der Waals surface area contributed by atoms with E-state index in [9.17, 15) is 33.0 Å². The van der Waals surface area contributed by atoms with Gasteiger partial charge in [-0.05, 0) is 6.07 Å². The molecule has 1 aliphatic heterocycles. The monoisotopic (exact) mass is 405 g/mol. The van der Waals surface area contributed by atoms with Crippen molar-refractivity contribution >= 4 is 13.6 Å². The molecule has 0 bridgehead atoms. The molecule has 132 valence electrons. The number of rotatable bonds is 4. The Balaban J connectivity index is 0. The van der Waals surface area contributed by atoms with Crippen molar-refractivity contribution in [2.24, 2.45) is 0 Å². The van der Waals surface area contributed by atoms with E-state index in [1.165, 1.54) is 0 Å². The number of nitrogens with two attached hydrogens (primary N) is 1. The van der Waals surface area contributed by atoms with Crippen LogP contribution in [0.15, 0.2) is 17.1 Å². The largest absolute Gasteiger partial charge is 1.00 e. The van der Waals surface area contributed by atoms with Crippen LogP contribution in [-0.4, -0.2) is 44.9 Å². The van der Waals surface area contributed by atoms with Gasteiger partial charge in [-0.15, -0.1) is 0 Å². The molecule has 1 aromatic heterocycles. The van der Waals surface area contributed by atoms with E-state index >= 15 is 0 Å². The van der Waals surface area contributed by atoms with Gasteiger partial charge in [-0.3, -0.25) is 4.57 Å². The van der Waals surface area contributed by atoms with Gasteiger partial charge in [0, 0.05) is 6.20 Å². The third kappa shape index (κ3) is 6.57. The zero-order valence-corrected chi connectivity index (χ0v) is 18.1. The van der Waals surface area contributed by atoms with E-state index in [2.05, 4.69) is 9.51 Å². The van der Waals surface area contributed by atoms with Crippen LogP contribution in [0.5, 0.6) is 0 Å². The van der Waals surface area contributed by atoms with Crippen LogP contribution in [0.25, 0.3) is 0 Å². The van der Waals surface area contributed by atoms with Crippen LogP contribution < -0.4 is 80.3 Å². The molecule has 0 unspecified atom stereocenters. The summed E-state index contributed by atoms with van der Waals surface area (Å²) in [6.45, 7) is -1.12. The number of aromatic nitrogens is 2. The van der Waals surface area contributed by atoms with Crippen LogP contribution >= 0.6 is 7.82 Å². The maximum absolute atomic E-state index is 14.0. The zero-order valence-electron chi connectivity index (χ0n) is 13.2. The van der Waals surface area contributed by atoms with Gasteiger partial charge >= 0.3 is 70.7 Å². The Hall–Kier alpha value is 0.530. The molecular weight excluding hydrogens is 393 g/mol. The Morgan fingerprint density at radius 2 is 2.04 bits per heavy atom. The second-order valence-electron chi connectivity index (χ2n) is 4.43. The van der Waals surface area contributed by atoms with Gasteiger partial charge in [-0.25, -0.2) is 4.79 Å². The Morgan fingerprint density at radius 1 is 1.48 bits per heavy atom.